The van der Waals surface area contributed by atoms with E-state index in [4.69, 9.17) is 16.7 Å². The van der Waals surface area contributed by atoms with Crippen LogP contribution in [0.5, 0.6) is 0 Å². The maximum Gasteiger partial charge on any atom is 0.317 e. The van der Waals surface area contributed by atoms with Crippen LogP contribution in [0.25, 0.3) is 0 Å². The van der Waals surface area contributed by atoms with E-state index >= 15 is 0 Å². The van der Waals surface area contributed by atoms with Crippen molar-refractivity contribution in [1.29, 1.82) is 0 Å². The van der Waals surface area contributed by atoms with Crippen LogP contribution in [0.1, 0.15) is 5.56 Å². The number of nitrogens with zero attached hydrogens (tertiary/aromatic N) is 1. The van der Waals surface area contributed by atoms with Gasteiger partial charge in [0.2, 0.25) is 5.91 Å². The number of hydrogen-bond acceptors (Lipinski definition) is 3. The Balaban J connectivity index is 2.65. The Hall–Kier alpha value is -1.85. The predicted octanol–water partition coefficient (Wildman–Crippen LogP) is 2.16. The summed E-state index contributed by atoms with van der Waals surface area (Å²) in [5.74, 6) is -1.31. The molecule has 0 aliphatic rings. The molecule has 0 aliphatic carbocycles. The van der Waals surface area contributed by atoms with Crippen LogP contribution >= 0.6 is 11.6 Å². The standard InChI is InChI=1S/C14H17ClN2O3/c1-3-6-17(9-14(19)20)8-13(18)16-12-5-4-10(2)7-11(12)15/h3-5,7H,1,6,8-9H2,2H3,(H,16,18)(H,19,20). The van der Waals surface area contributed by atoms with Crippen LogP contribution in [-0.2, 0) is 9.59 Å². The van der Waals surface area contributed by atoms with Gasteiger partial charge in [0.25, 0.3) is 0 Å². The summed E-state index contributed by atoms with van der Waals surface area (Å²) in [5, 5.41) is 11.9. The molecule has 1 amide bonds. The number of aryl methyl sites for hydroxylation is 1. The molecule has 6 heteroatoms. The highest BCUT2D eigenvalue weighted by molar-refractivity contribution is 6.33. The number of benzene rings is 1. The van der Waals surface area contributed by atoms with Gasteiger partial charge in [-0.15, -0.1) is 6.58 Å². The summed E-state index contributed by atoms with van der Waals surface area (Å²) in [5.41, 5.74) is 1.50. The monoisotopic (exact) mass is 296 g/mol. The highest BCUT2D eigenvalue weighted by Crippen LogP contribution is 2.22. The lowest BCUT2D eigenvalue weighted by Gasteiger charge is -2.18. The number of rotatable bonds is 7. The maximum absolute atomic E-state index is 11.9. The molecule has 2 N–H and O–H groups in total. The number of anilines is 1. The van der Waals surface area contributed by atoms with Gasteiger partial charge in [-0.25, -0.2) is 0 Å². The van der Waals surface area contributed by atoms with Crippen LogP contribution in [0, 0.1) is 6.92 Å². The fourth-order valence-electron chi connectivity index (χ4n) is 1.67. The molecule has 1 rings (SSSR count). The van der Waals surface area contributed by atoms with Gasteiger partial charge >= 0.3 is 5.97 Å². The number of carboxylic acids is 1. The highest BCUT2D eigenvalue weighted by atomic mass is 35.5. The van der Waals surface area contributed by atoms with Crippen LogP contribution < -0.4 is 5.32 Å². The van der Waals surface area contributed by atoms with E-state index in [1.165, 1.54) is 4.90 Å². The van der Waals surface area contributed by atoms with E-state index in [1.54, 1.807) is 18.2 Å². The molecule has 0 saturated heterocycles. The molecule has 0 saturated carbocycles. The lowest BCUT2D eigenvalue weighted by atomic mass is 10.2. The summed E-state index contributed by atoms with van der Waals surface area (Å²) >= 11 is 6.02. The first-order valence-corrected chi connectivity index (χ1v) is 6.41. The van der Waals surface area contributed by atoms with E-state index in [9.17, 15) is 9.59 Å². The van der Waals surface area contributed by atoms with Crippen molar-refractivity contribution in [2.45, 2.75) is 6.92 Å². The average Bonchev–Trinajstić information content (AvgIpc) is 2.32. The fourth-order valence-corrected chi connectivity index (χ4v) is 1.96. The average molecular weight is 297 g/mol. The normalized spacial score (nSPS) is 10.3. The Morgan fingerprint density at radius 1 is 1.45 bits per heavy atom. The summed E-state index contributed by atoms with van der Waals surface area (Å²) in [4.78, 5) is 24.0. The number of carbonyl (C=O) groups excluding carboxylic acids is 1. The Kier molecular flexibility index (Phi) is 6.21. The lowest BCUT2D eigenvalue weighted by Crippen LogP contribution is -2.37. The zero-order chi connectivity index (χ0) is 15.1. The molecule has 108 valence electrons. The molecule has 0 radical (unpaired) electrons. The van der Waals surface area contributed by atoms with Gasteiger partial charge in [0.15, 0.2) is 0 Å². The third-order valence-electron chi connectivity index (χ3n) is 2.51. The third kappa shape index (κ3) is 5.42. The van der Waals surface area contributed by atoms with Crippen LogP contribution in [0.3, 0.4) is 0 Å². The number of halogens is 1. The van der Waals surface area contributed by atoms with E-state index in [0.717, 1.165) is 5.56 Å². The van der Waals surface area contributed by atoms with E-state index in [1.807, 2.05) is 13.0 Å². The molecule has 0 bridgehead atoms. The van der Waals surface area contributed by atoms with Crippen molar-refractivity contribution < 1.29 is 14.7 Å². The minimum absolute atomic E-state index is 0.0392. The SMILES string of the molecule is C=CCN(CC(=O)O)CC(=O)Nc1ccc(C)cc1Cl. The maximum atomic E-state index is 11.9. The molecule has 0 heterocycles. The van der Waals surface area contributed by atoms with Gasteiger partial charge in [-0.1, -0.05) is 23.7 Å². The highest BCUT2D eigenvalue weighted by Gasteiger charge is 2.13. The molecule has 20 heavy (non-hydrogen) atoms. The molecular weight excluding hydrogens is 280 g/mol. The van der Waals surface area contributed by atoms with Crippen LogP contribution in [-0.4, -0.2) is 41.5 Å². The van der Waals surface area contributed by atoms with Gasteiger partial charge in [0.1, 0.15) is 0 Å². The third-order valence-corrected chi connectivity index (χ3v) is 2.82. The van der Waals surface area contributed by atoms with E-state index in [-0.39, 0.29) is 19.0 Å². The van der Waals surface area contributed by atoms with Crippen molar-refractivity contribution in [2.24, 2.45) is 0 Å². The van der Waals surface area contributed by atoms with Gasteiger partial charge < -0.3 is 10.4 Å². The number of nitrogens with one attached hydrogen (secondary N) is 1. The summed E-state index contributed by atoms with van der Waals surface area (Å²) in [6.07, 6.45) is 1.55. The van der Waals surface area contributed by atoms with Crippen molar-refractivity contribution >= 4 is 29.2 Å². The number of carboxylic acid groups (broad SMARTS) is 1. The molecule has 0 aromatic heterocycles. The number of amides is 1. The molecule has 0 aliphatic heterocycles. The van der Waals surface area contributed by atoms with Crippen LogP contribution in [0.4, 0.5) is 5.69 Å². The van der Waals surface area contributed by atoms with Gasteiger partial charge in [0.05, 0.1) is 23.8 Å². The Bertz CT molecular complexity index is 517. The van der Waals surface area contributed by atoms with Crippen LogP contribution in [0.15, 0.2) is 30.9 Å². The smallest absolute Gasteiger partial charge is 0.317 e. The molecule has 1 aromatic carbocycles. The van der Waals surface area contributed by atoms with Crippen molar-refractivity contribution in [3.05, 3.63) is 41.4 Å². The Morgan fingerprint density at radius 2 is 2.15 bits per heavy atom. The summed E-state index contributed by atoms with van der Waals surface area (Å²) in [6, 6.07) is 5.29. The van der Waals surface area contributed by atoms with Gasteiger partial charge in [-0.3, -0.25) is 14.5 Å². The first-order valence-electron chi connectivity index (χ1n) is 6.03. The number of carbonyl (C=O) groups is 2. The molecular formula is C14H17ClN2O3. The zero-order valence-electron chi connectivity index (χ0n) is 11.2. The topological polar surface area (TPSA) is 69.6 Å². The second-order valence-corrected chi connectivity index (χ2v) is 4.79. The summed E-state index contributed by atoms with van der Waals surface area (Å²) < 4.78 is 0. The molecule has 0 unspecified atom stereocenters. The van der Waals surface area contributed by atoms with Gasteiger partial charge in [0, 0.05) is 6.54 Å². The molecule has 5 nitrogen and oxygen atoms in total. The predicted molar refractivity (Wildman–Crippen MR) is 79.1 cm³/mol. The quantitative estimate of drug-likeness (QED) is 0.757. The van der Waals surface area contributed by atoms with E-state index in [0.29, 0.717) is 17.3 Å². The van der Waals surface area contributed by atoms with E-state index in [2.05, 4.69) is 11.9 Å². The van der Waals surface area contributed by atoms with Crippen LogP contribution in [0.2, 0.25) is 5.02 Å². The lowest BCUT2D eigenvalue weighted by molar-refractivity contribution is -0.138. The van der Waals surface area contributed by atoms with Crippen molar-refractivity contribution in [1.82, 2.24) is 4.90 Å². The molecule has 0 fully saturated rings. The van der Waals surface area contributed by atoms with Crippen molar-refractivity contribution in [3.63, 3.8) is 0 Å². The first kappa shape index (κ1) is 16.2. The molecule has 1 aromatic rings. The minimum Gasteiger partial charge on any atom is -0.480 e. The van der Waals surface area contributed by atoms with Gasteiger partial charge in [-0.2, -0.15) is 0 Å². The van der Waals surface area contributed by atoms with Crippen molar-refractivity contribution in [2.75, 3.05) is 25.0 Å². The van der Waals surface area contributed by atoms with Gasteiger partial charge in [-0.05, 0) is 24.6 Å². The second-order valence-electron chi connectivity index (χ2n) is 4.38. The Labute approximate surface area is 122 Å². The summed E-state index contributed by atoms with van der Waals surface area (Å²) in [7, 11) is 0. The number of aliphatic carboxylic acids is 1. The molecule has 0 atom stereocenters. The largest absolute Gasteiger partial charge is 0.480 e. The second kappa shape index (κ2) is 7.67. The Morgan fingerprint density at radius 3 is 2.70 bits per heavy atom. The zero-order valence-corrected chi connectivity index (χ0v) is 12.0. The van der Waals surface area contributed by atoms with E-state index < -0.39 is 5.97 Å². The molecule has 0 spiro atoms. The number of hydrogen-bond donors (Lipinski definition) is 2. The van der Waals surface area contributed by atoms with Crippen molar-refractivity contribution in [3.8, 4) is 0 Å². The fraction of sp³-hybridized carbons (Fsp3) is 0.286. The first-order chi connectivity index (χ1) is 9.42. The summed E-state index contributed by atoms with van der Waals surface area (Å²) in [6.45, 7) is 5.49. The minimum atomic E-state index is -0.993.